The summed E-state index contributed by atoms with van der Waals surface area (Å²) in [5, 5.41) is 9.22. The summed E-state index contributed by atoms with van der Waals surface area (Å²) in [6.07, 6.45) is -1.30. The topological polar surface area (TPSA) is 104 Å². The predicted octanol–water partition coefficient (Wildman–Crippen LogP) is 6.10. The molecule has 0 amide bonds. The molecule has 1 heterocycles. The van der Waals surface area contributed by atoms with Gasteiger partial charge in [0.05, 0.1) is 0 Å². The third-order valence-electron chi connectivity index (χ3n) is 5.60. The predicted molar refractivity (Wildman–Crippen MR) is 137 cm³/mol. The van der Waals surface area contributed by atoms with Crippen LogP contribution < -0.4 is 19.9 Å². The van der Waals surface area contributed by atoms with Crippen molar-refractivity contribution in [3.8, 4) is 34.4 Å². The number of aliphatic carboxylic acids is 1. The summed E-state index contributed by atoms with van der Waals surface area (Å²) in [6.45, 7) is 2.19. The van der Waals surface area contributed by atoms with Crippen molar-refractivity contribution in [3.63, 3.8) is 0 Å². The summed E-state index contributed by atoms with van der Waals surface area (Å²) in [4.78, 5) is 15.1. The van der Waals surface area contributed by atoms with Gasteiger partial charge in [-0.05, 0) is 46.9 Å². The van der Waals surface area contributed by atoms with Gasteiger partial charge in [-0.3, -0.25) is 0 Å². The maximum absolute atomic E-state index is 14.6. The highest BCUT2D eigenvalue weighted by Crippen LogP contribution is 2.34. The van der Waals surface area contributed by atoms with E-state index in [1.807, 2.05) is 60.7 Å². The molecule has 0 saturated carbocycles. The lowest BCUT2D eigenvalue weighted by atomic mass is 10.0. The highest BCUT2D eigenvalue weighted by Gasteiger charge is 2.22. The van der Waals surface area contributed by atoms with Crippen LogP contribution in [0, 0.1) is 11.6 Å². The molecule has 1 aromatic heterocycles. The Balaban J connectivity index is 1.69. The lowest BCUT2D eigenvalue weighted by Gasteiger charge is -2.15. The number of aromatic nitrogens is 1. The van der Waals surface area contributed by atoms with Crippen LogP contribution in [0.25, 0.3) is 11.1 Å². The Morgan fingerprint density at radius 3 is 2.32 bits per heavy atom. The van der Waals surface area contributed by atoms with Crippen molar-refractivity contribution in [2.75, 3.05) is 0 Å². The van der Waals surface area contributed by atoms with Crippen molar-refractivity contribution in [2.24, 2.45) is 5.73 Å². The zero-order valence-corrected chi connectivity index (χ0v) is 20.6. The summed E-state index contributed by atoms with van der Waals surface area (Å²) >= 11 is 0. The Morgan fingerprint density at radius 1 is 0.895 bits per heavy atom. The molecule has 7 nitrogen and oxygen atoms in total. The molecule has 38 heavy (non-hydrogen) atoms. The maximum Gasteiger partial charge on any atom is 0.344 e. The number of hydrogen-bond donors (Lipinski definition) is 2. The van der Waals surface area contributed by atoms with E-state index in [0.717, 1.165) is 16.7 Å². The fraction of sp³-hybridized carbons (Fsp3) is 0.172. The van der Waals surface area contributed by atoms with Crippen LogP contribution in [0.15, 0.2) is 78.9 Å². The summed E-state index contributed by atoms with van der Waals surface area (Å²) in [6, 6.07) is 22.7. The molecule has 1 atom stereocenters. The number of pyridine rings is 1. The number of ether oxygens (including phenoxy) is 3. The van der Waals surface area contributed by atoms with Crippen LogP contribution >= 0.6 is 0 Å². The molecular weight excluding hydrogens is 494 g/mol. The van der Waals surface area contributed by atoms with E-state index in [9.17, 15) is 18.7 Å². The lowest BCUT2D eigenvalue weighted by Crippen LogP contribution is -2.26. The van der Waals surface area contributed by atoms with Gasteiger partial charge in [-0.2, -0.15) is 4.98 Å². The third-order valence-corrected chi connectivity index (χ3v) is 5.60. The van der Waals surface area contributed by atoms with Gasteiger partial charge in [0.2, 0.25) is 0 Å². The van der Waals surface area contributed by atoms with Gasteiger partial charge < -0.3 is 25.1 Å². The van der Waals surface area contributed by atoms with E-state index in [1.54, 1.807) is 19.1 Å². The number of halogens is 2. The van der Waals surface area contributed by atoms with Crippen LogP contribution in [0.2, 0.25) is 0 Å². The minimum Gasteiger partial charge on any atom is -0.489 e. The maximum atomic E-state index is 14.6. The molecule has 3 aromatic carbocycles. The van der Waals surface area contributed by atoms with Crippen LogP contribution in [0.4, 0.5) is 8.78 Å². The molecule has 4 rings (SSSR count). The SMILES string of the molecule is CCC(Oc1nc(Oc2cc(OCc3ccccc3)cc(-c3cccc(CN)c3)c2)c(F)cc1F)C(=O)O. The zero-order chi connectivity index (χ0) is 27.1. The van der Waals surface area contributed by atoms with E-state index in [2.05, 4.69) is 4.98 Å². The Hall–Kier alpha value is -4.50. The van der Waals surface area contributed by atoms with Crippen LogP contribution in [-0.2, 0) is 17.9 Å². The van der Waals surface area contributed by atoms with Gasteiger partial charge >= 0.3 is 5.97 Å². The van der Waals surface area contributed by atoms with Gasteiger partial charge in [0.15, 0.2) is 17.7 Å². The quantitative estimate of drug-likeness (QED) is 0.246. The van der Waals surface area contributed by atoms with E-state index in [1.165, 1.54) is 0 Å². The molecule has 1 unspecified atom stereocenters. The summed E-state index contributed by atoms with van der Waals surface area (Å²) in [5.74, 6) is -4.18. The van der Waals surface area contributed by atoms with Crippen molar-refractivity contribution in [1.29, 1.82) is 0 Å². The highest BCUT2D eigenvalue weighted by molar-refractivity contribution is 5.72. The van der Waals surface area contributed by atoms with Crippen LogP contribution in [0.3, 0.4) is 0 Å². The minimum atomic E-state index is -1.36. The number of benzene rings is 3. The first-order chi connectivity index (χ1) is 18.4. The van der Waals surface area contributed by atoms with Gasteiger partial charge in [0.1, 0.15) is 18.1 Å². The molecule has 0 fully saturated rings. The summed E-state index contributed by atoms with van der Waals surface area (Å²) < 4.78 is 45.8. The highest BCUT2D eigenvalue weighted by atomic mass is 19.1. The minimum absolute atomic E-state index is 0.0516. The molecule has 0 aliphatic rings. The average molecular weight is 521 g/mol. The summed E-state index contributed by atoms with van der Waals surface area (Å²) in [7, 11) is 0. The van der Waals surface area contributed by atoms with Gasteiger partial charge in [0.25, 0.3) is 11.8 Å². The molecule has 0 radical (unpaired) electrons. The lowest BCUT2D eigenvalue weighted by molar-refractivity contribution is -0.145. The Labute approximate surface area is 218 Å². The number of carboxylic acid groups (broad SMARTS) is 1. The molecule has 0 bridgehead atoms. The fourth-order valence-electron chi connectivity index (χ4n) is 3.64. The molecule has 196 valence electrons. The number of carboxylic acids is 1. The number of nitrogens with two attached hydrogens (primary N) is 1. The van der Waals surface area contributed by atoms with Gasteiger partial charge in [-0.1, -0.05) is 55.5 Å². The molecule has 0 aliphatic carbocycles. The second-order valence-electron chi connectivity index (χ2n) is 8.39. The first kappa shape index (κ1) is 26.6. The number of nitrogens with zero attached hydrogens (tertiary/aromatic N) is 1. The second kappa shape index (κ2) is 12.2. The van der Waals surface area contributed by atoms with Crippen molar-refractivity contribution in [3.05, 3.63) is 102 Å². The molecule has 4 aromatic rings. The molecule has 9 heteroatoms. The fourth-order valence-corrected chi connectivity index (χ4v) is 3.64. The second-order valence-corrected chi connectivity index (χ2v) is 8.39. The average Bonchev–Trinajstić information content (AvgIpc) is 2.93. The van der Waals surface area contributed by atoms with Gasteiger partial charge in [-0.15, -0.1) is 0 Å². The van der Waals surface area contributed by atoms with E-state index in [0.29, 0.717) is 23.9 Å². The first-order valence-electron chi connectivity index (χ1n) is 11.9. The van der Waals surface area contributed by atoms with E-state index in [4.69, 9.17) is 19.9 Å². The molecule has 0 spiro atoms. The van der Waals surface area contributed by atoms with Crippen LogP contribution in [0.1, 0.15) is 24.5 Å². The number of hydrogen-bond acceptors (Lipinski definition) is 6. The van der Waals surface area contributed by atoms with E-state index >= 15 is 0 Å². The number of rotatable bonds is 11. The molecule has 0 saturated heterocycles. The summed E-state index contributed by atoms with van der Waals surface area (Å²) in [5.41, 5.74) is 9.19. The molecule has 3 N–H and O–H groups in total. The first-order valence-corrected chi connectivity index (χ1v) is 11.9. The largest absolute Gasteiger partial charge is 0.489 e. The standard InChI is InChI=1S/C29H26F2N2O5/c1-2-26(29(34)35)38-28-25(31)15-24(30)27(33-28)37-23-13-21(20-10-6-9-19(11-20)16-32)12-22(14-23)36-17-18-7-4-3-5-8-18/h3-15,26H,2,16-17,32H2,1H3,(H,34,35). The Bertz CT molecular complexity index is 1420. The van der Waals surface area contributed by atoms with Crippen molar-refractivity contribution >= 4 is 5.97 Å². The van der Waals surface area contributed by atoms with Crippen molar-refractivity contribution in [1.82, 2.24) is 4.98 Å². The molecular formula is C29H26F2N2O5. The van der Waals surface area contributed by atoms with Crippen molar-refractivity contribution in [2.45, 2.75) is 32.6 Å². The number of carbonyl (C=O) groups is 1. The third kappa shape index (κ3) is 6.63. The van der Waals surface area contributed by atoms with Crippen LogP contribution in [0.5, 0.6) is 23.3 Å². The normalized spacial score (nSPS) is 11.6. The van der Waals surface area contributed by atoms with E-state index in [-0.39, 0.29) is 18.8 Å². The van der Waals surface area contributed by atoms with Gasteiger partial charge in [-0.25, -0.2) is 13.6 Å². The zero-order valence-electron chi connectivity index (χ0n) is 20.6. The van der Waals surface area contributed by atoms with Crippen molar-refractivity contribution < 1.29 is 32.9 Å². The molecule has 0 aliphatic heterocycles. The van der Waals surface area contributed by atoms with Gasteiger partial charge in [0, 0.05) is 18.7 Å². The smallest absolute Gasteiger partial charge is 0.344 e. The Morgan fingerprint density at radius 2 is 1.61 bits per heavy atom. The van der Waals surface area contributed by atoms with E-state index < -0.39 is 35.5 Å². The monoisotopic (exact) mass is 520 g/mol. The van der Waals surface area contributed by atoms with Crippen LogP contribution in [-0.4, -0.2) is 22.2 Å². The Kier molecular flexibility index (Phi) is 8.50.